The third-order valence-corrected chi connectivity index (χ3v) is 5.72. The Morgan fingerprint density at radius 1 is 1.35 bits per heavy atom. The molecule has 2 heterocycles. The standard InChI is InChI=1S/C20H26FN3OS/c1-3-10-24-18(16-6-8-17(21)9-7-16)12-22-20(24)26-14-19(25)23-11-4-5-15(2)13-23/h6-9,12,15H,3-5,10-11,13-14H2,1-2H3/t15-/m1/s1. The Balaban J connectivity index is 1.71. The Labute approximate surface area is 158 Å². The summed E-state index contributed by atoms with van der Waals surface area (Å²) >= 11 is 1.50. The predicted molar refractivity (Wildman–Crippen MR) is 104 cm³/mol. The van der Waals surface area contributed by atoms with Gasteiger partial charge in [0.1, 0.15) is 5.82 Å². The minimum Gasteiger partial charge on any atom is -0.342 e. The zero-order chi connectivity index (χ0) is 18.5. The van der Waals surface area contributed by atoms with Crippen molar-refractivity contribution in [2.75, 3.05) is 18.8 Å². The number of nitrogens with zero attached hydrogens (tertiary/aromatic N) is 3. The molecule has 0 N–H and O–H groups in total. The van der Waals surface area contributed by atoms with Gasteiger partial charge in [-0.2, -0.15) is 0 Å². The zero-order valence-corrected chi connectivity index (χ0v) is 16.3. The van der Waals surface area contributed by atoms with Crippen LogP contribution in [-0.4, -0.2) is 39.2 Å². The smallest absolute Gasteiger partial charge is 0.233 e. The van der Waals surface area contributed by atoms with Crippen LogP contribution in [0, 0.1) is 11.7 Å². The fraction of sp³-hybridized carbons (Fsp3) is 0.500. The predicted octanol–water partition coefficient (Wildman–Crippen LogP) is 4.45. The quantitative estimate of drug-likeness (QED) is 0.700. The Morgan fingerprint density at radius 3 is 2.81 bits per heavy atom. The van der Waals surface area contributed by atoms with Crippen LogP contribution in [0.4, 0.5) is 4.39 Å². The number of thioether (sulfide) groups is 1. The number of carbonyl (C=O) groups excluding carboxylic acids is 1. The van der Waals surface area contributed by atoms with Crippen LogP contribution in [0.25, 0.3) is 11.3 Å². The van der Waals surface area contributed by atoms with Crippen molar-refractivity contribution in [1.29, 1.82) is 0 Å². The van der Waals surface area contributed by atoms with E-state index in [1.54, 1.807) is 12.1 Å². The number of carbonyl (C=O) groups is 1. The van der Waals surface area contributed by atoms with Crippen molar-refractivity contribution in [3.05, 3.63) is 36.3 Å². The summed E-state index contributed by atoms with van der Waals surface area (Å²) in [6.07, 6.45) is 5.09. The Kier molecular flexibility index (Phi) is 6.35. The highest BCUT2D eigenvalue weighted by atomic mass is 32.2. The maximum absolute atomic E-state index is 13.2. The summed E-state index contributed by atoms with van der Waals surface area (Å²) in [7, 11) is 0. The molecule has 1 aromatic heterocycles. The Morgan fingerprint density at radius 2 is 2.12 bits per heavy atom. The molecule has 140 valence electrons. The maximum Gasteiger partial charge on any atom is 0.233 e. The first-order chi connectivity index (χ1) is 12.6. The van der Waals surface area contributed by atoms with Gasteiger partial charge in [0.15, 0.2) is 5.16 Å². The lowest BCUT2D eigenvalue weighted by Crippen LogP contribution is -2.40. The number of piperidine rings is 1. The van der Waals surface area contributed by atoms with E-state index >= 15 is 0 Å². The molecular weight excluding hydrogens is 349 g/mol. The second kappa shape index (κ2) is 8.71. The molecular formula is C20H26FN3OS. The first kappa shape index (κ1) is 19.0. The van der Waals surface area contributed by atoms with Crippen LogP contribution in [0.3, 0.4) is 0 Å². The molecule has 0 radical (unpaired) electrons. The molecule has 6 heteroatoms. The number of aromatic nitrogens is 2. The molecule has 26 heavy (non-hydrogen) atoms. The van der Waals surface area contributed by atoms with Gasteiger partial charge in [-0.05, 0) is 55.0 Å². The van der Waals surface area contributed by atoms with Crippen molar-refractivity contribution >= 4 is 17.7 Å². The lowest BCUT2D eigenvalue weighted by molar-refractivity contribution is -0.130. The number of hydrogen-bond donors (Lipinski definition) is 0. The van der Waals surface area contributed by atoms with E-state index in [2.05, 4.69) is 23.4 Å². The molecule has 2 aromatic rings. The molecule has 1 saturated heterocycles. The van der Waals surface area contributed by atoms with Gasteiger partial charge in [0.2, 0.25) is 5.91 Å². The van der Waals surface area contributed by atoms with Gasteiger partial charge in [-0.3, -0.25) is 4.79 Å². The minimum absolute atomic E-state index is 0.191. The van der Waals surface area contributed by atoms with E-state index in [1.165, 1.54) is 30.3 Å². The fourth-order valence-electron chi connectivity index (χ4n) is 3.40. The van der Waals surface area contributed by atoms with E-state index in [-0.39, 0.29) is 11.7 Å². The normalized spacial score (nSPS) is 17.5. The second-order valence-corrected chi connectivity index (χ2v) is 7.90. The van der Waals surface area contributed by atoms with Gasteiger partial charge in [-0.15, -0.1) is 0 Å². The van der Waals surface area contributed by atoms with Crippen LogP contribution >= 0.6 is 11.8 Å². The first-order valence-electron chi connectivity index (χ1n) is 9.30. The molecule has 0 unspecified atom stereocenters. The van der Waals surface area contributed by atoms with Crippen LogP contribution in [-0.2, 0) is 11.3 Å². The van der Waals surface area contributed by atoms with Crippen molar-refractivity contribution < 1.29 is 9.18 Å². The number of benzene rings is 1. The lowest BCUT2D eigenvalue weighted by atomic mass is 10.0. The molecule has 1 atom stereocenters. The van der Waals surface area contributed by atoms with Crippen LogP contribution in [0.5, 0.6) is 0 Å². The number of likely N-dealkylation sites (tertiary alicyclic amines) is 1. The third-order valence-electron chi connectivity index (χ3n) is 4.74. The highest BCUT2D eigenvalue weighted by Gasteiger charge is 2.22. The molecule has 1 aliphatic rings. The van der Waals surface area contributed by atoms with E-state index in [0.29, 0.717) is 11.7 Å². The largest absolute Gasteiger partial charge is 0.342 e. The molecule has 1 amide bonds. The summed E-state index contributed by atoms with van der Waals surface area (Å²) in [4.78, 5) is 19.0. The molecule has 1 fully saturated rings. The van der Waals surface area contributed by atoms with E-state index in [4.69, 9.17) is 0 Å². The highest BCUT2D eigenvalue weighted by molar-refractivity contribution is 7.99. The van der Waals surface area contributed by atoms with E-state index in [1.807, 2.05) is 11.1 Å². The molecule has 0 aliphatic carbocycles. The Hall–Kier alpha value is -1.82. The summed E-state index contributed by atoms with van der Waals surface area (Å²) in [5, 5.41) is 0.851. The minimum atomic E-state index is -0.244. The molecule has 1 aromatic carbocycles. The van der Waals surface area contributed by atoms with Gasteiger partial charge in [0.05, 0.1) is 17.6 Å². The van der Waals surface area contributed by atoms with Crippen molar-refractivity contribution in [1.82, 2.24) is 14.5 Å². The second-order valence-electron chi connectivity index (χ2n) is 6.96. The Bertz CT molecular complexity index is 744. The summed E-state index contributed by atoms with van der Waals surface area (Å²) in [6.45, 7) is 6.88. The summed E-state index contributed by atoms with van der Waals surface area (Å²) in [5.74, 6) is 0.947. The topological polar surface area (TPSA) is 38.1 Å². The molecule has 1 aliphatic heterocycles. The molecule has 4 nitrogen and oxygen atoms in total. The molecule has 0 spiro atoms. The van der Waals surface area contributed by atoms with E-state index in [0.717, 1.165) is 48.9 Å². The van der Waals surface area contributed by atoms with Gasteiger partial charge in [0, 0.05) is 19.6 Å². The van der Waals surface area contributed by atoms with Crippen molar-refractivity contribution in [2.45, 2.75) is 44.8 Å². The monoisotopic (exact) mass is 375 g/mol. The molecule has 0 saturated carbocycles. The lowest BCUT2D eigenvalue weighted by Gasteiger charge is -2.30. The first-order valence-corrected chi connectivity index (χ1v) is 10.3. The maximum atomic E-state index is 13.2. The van der Waals surface area contributed by atoms with E-state index < -0.39 is 0 Å². The van der Waals surface area contributed by atoms with Gasteiger partial charge < -0.3 is 9.47 Å². The number of hydrogen-bond acceptors (Lipinski definition) is 3. The number of rotatable bonds is 6. The average molecular weight is 376 g/mol. The van der Waals surface area contributed by atoms with Crippen molar-refractivity contribution in [2.24, 2.45) is 5.92 Å². The highest BCUT2D eigenvalue weighted by Crippen LogP contribution is 2.27. The number of imidazole rings is 1. The van der Waals surface area contributed by atoms with E-state index in [9.17, 15) is 9.18 Å². The summed E-state index contributed by atoms with van der Waals surface area (Å²) in [5.41, 5.74) is 1.91. The van der Waals surface area contributed by atoms with Crippen LogP contribution in [0.1, 0.15) is 33.1 Å². The third kappa shape index (κ3) is 4.47. The van der Waals surface area contributed by atoms with Gasteiger partial charge in [-0.1, -0.05) is 25.6 Å². The summed E-state index contributed by atoms with van der Waals surface area (Å²) in [6, 6.07) is 6.47. The summed E-state index contributed by atoms with van der Waals surface area (Å²) < 4.78 is 15.3. The van der Waals surface area contributed by atoms with Gasteiger partial charge >= 0.3 is 0 Å². The SMILES string of the molecule is CCCn1c(-c2ccc(F)cc2)cnc1SCC(=O)N1CCC[C@@H](C)C1. The van der Waals surface area contributed by atoms with Gasteiger partial charge in [-0.25, -0.2) is 9.37 Å². The van der Waals surface area contributed by atoms with Crippen molar-refractivity contribution in [3.63, 3.8) is 0 Å². The molecule has 3 rings (SSSR count). The zero-order valence-electron chi connectivity index (χ0n) is 15.4. The van der Waals surface area contributed by atoms with Crippen LogP contribution < -0.4 is 0 Å². The van der Waals surface area contributed by atoms with Crippen molar-refractivity contribution in [3.8, 4) is 11.3 Å². The van der Waals surface area contributed by atoms with Gasteiger partial charge in [0.25, 0.3) is 0 Å². The fourth-order valence-corrected chi connectivity index (χ4v) is 4.31. The van der Waals surface area contributed by atoms with Crippen LogP contribution in [0.15, 0.2) is 35.6 Å². The number of amides is 1. The average Bonchev–Trinajstić information content (AvgIpc) is 3.03. The number of halogens is 1. The molecule has 0 bridgehead atoms. The van der Waals surface area contributed by atoms with Crippen LogP contribution in [0.2, 0.25) is 0 Å².